The monoisotopic (exact) mass is 695 g/mol. The van der Waals surface area contributed by atoms with Crippen molar-refractivity contribution in [3.63, 3.8) is 0 Å². The lowest BCUT2D eigenvalue weighted by atomic mass is 9.56. The Morgan fingerprint density at radius 1 is 1.08 bits per heavy atom. The van der Waals surface area contributed by atoms with Gasteiger partial charge in [0.2, 0.25) is 5.79 Å². The van der Waals surface area contributed by atoms with Crippen LogP contribution in [0.1, 0.15) is 89.7 Å². The summed E-state index contributed by atoms with van der Waals surface area (Å²) < 4.78 is 34.8. The molecule has 0 aromatic heterocycles. The average molecular weight is 696 g/mol. The number of benzene rings is 2. The van der Waals surface area contributed by atoms with Crippen molar-refractivity contribution in [3.8, 4) is 11.5 Å². The third-order valence-electron chi connectivity index (χ3n) is 9.77. The summed E-state index contributed by atoms with van der Waals surface area (Å²) in [6.07, 6.45) is 9.86. The van der Waals surface area contributed by atoms with Crippen LogP contribution in [0.4, 0.5) is 4.39 Å². The zero-order valence-corrected chi connectivity index (χ0v) is 30.4. The van der Waals surface area contributed by atoms with Crippen LogP contribution >= 0.6 is 11.8 Å². The molecular weight excluding hydrogens is 642 g/mol. The van der Waals surface area contributed by atoms with Gasteiger partial charge in [-0.05, 0) is 93.9 Å². The summed E-state index contributed by atoms with van der Waals surface area (Å²) in [5.74, 6) is 1.17. The number of rotatable bonds is 17. The van der Waals surface area contributed by atoms with E-state index in [1.54, 1.807) is 18.2 Å². The van der Waals surface area contributed by atoms with Gasteiger partial charge in [0.1, 0.15) is 29.5 Å². The second-order valence-electron chi connectivity index (χ2n) is 14.3. The molecule has 0 spiro atoms. The Morgan fingerprint density at radius 2 is 1.84 bits per heavy atom. The number of aliphatic hydroxyl groups excluding tert-OH is 2. The number of hydrogen-bond acceptors (Lipinski definition) is 8. The van der Waals surface area contributed by atoms with E-state index in [0.717, 1.165) is 66.9 Å². The van der Waals surface area contributed by atoms with Crippen molar-refractivity contribution in [1.82, 2.24) is 0 Å². The van der Waals surface area contributed by atoms with Gasteiger partial charge in [-0.3, -0.25) is 0 Å². The highest BCUT2D eigenvalue weighted by atomic mass is 32.2. The number of oxime groups is 1. The van der Waals surface area contributed by atoms with Crippen molar-refractivity contribution in [2.75, 3.05) is 25.6 Å². The minimum absolute atomic E-state index is 0.0245. The fraction of sp³-hybridized carbons (Fsp3) is 0.575. The zero-order valence-electron chi connectivity index (χ0n) is 29.5. The average Bonchev–Trinajstić information content (AvgIpc) is 3.08. The van der Waals surface area contributed by atoms with Gasteiger partial charge in [0.25, 0.3) is 0 Å². The van der Waals surface area contributed by atoms with Gasteiger partial charge in [-0.2, -0.15) is 11.8 Å². The number of allylic oxidation sites excluding steroid dienone is 1. The maximum Gasteiger partial charge on any atom is 0.230 e. The van der Waals surface area contributed by atoms with Crippen molar-refractivity contribution in [3.05, 3.63) is 83.7 Å². The molecule has 9 heteroatoms. The Morgan fingerprint density at radius 3 is 2.53 bits per heavy atom. The van der Waals surface area contributed by atoms with Gasteiger partial charge in [-0.15, -0.1) is 6.58 Å². The maximum atomic E-state index is 14.5. The normalized spacial score (nSPS) is 26.7. The first-order chi connectivity index (χ1) is 23.7. The molecule has 49 heavy (non-hydrogen) atoms. The second kappa shape index (κ2) is 16.9. The number of thioether (sulfide) groups is 1. The van der Waals surface area contributed by atoms with Crippen molar-refractivity contribution >= 4 is 17.5 Å². The molecule has 3 aliphatic rings. The Labute approximate surface area is 295 Å². The molecule has 0 unspecified atom stereocenters. The van der Waals surface area contributed by atoms with Crippen molar-refractivity contribution < 1.29 is 33.7 Å². The second-order valence-corrected chi connectivity index (χ2v) is 15.8. The van der Waals surface area contributed by atoms with Gasteiger partial charge in [-0.25, -0.2) is 4.39 Å². The standard InChI is InChI=1S/C40H54FNO6S/c1-6-22-46-40-36(49-7-2)25-34(42-48-39(3,4)5)31-23-27(14-10-12-20-43)30(16-11-13-21-44)37(38(31)40)32-24-29(18-19-35(32)47-40)45-26-28-15-8-9-17-33(28)41/h6,8-9,15,17-19,23-24,27,30,36-38,43-44H,1,7,10-14,16,20-22,25-26H2,2-5H3/t27-,30+,36-,37+,38+,40+/m0/s1. The molecule has 2 aliphatic carbocycles. The number of fused-ring (bicyclic) bond motifs is 2. The van der Waals surface area contributed by atoms with E-state index < -0.39 is 11.4 Å². The summed E-state index contributed by atoms with van der Waals surface area (Å²) in [5.41, 5.74) is 3.10. The van der Waals surface area contributed by atoms with Gasteiger partial charge >= 0.3 is 0 Å². The summed E-state index contributed by atoms with van der Waals surface area (Å²) in [6, 6.07) is 12.6. The SMILES string of the molecule is C=CCO[C@@]12Oc3ccc(OCc4ccccc4F)cc3[C@H]3[C@H](CCCCO)[C@@H](CCCCO)C=C(C(=NOC(C)(C)C)C[C@@H]1SCC)[C@H]32. The Kier molecular flexibility index (Phi) is 12.9. The fourth-order valence-corrected chi connectivity index (χ4v) is 8.91. The molecule has 2 aromatic rings. The van der Waals surface area contributed by atoms with E-state index in [4.69, 9.17) is 24.2 Å². The van der Waals surface area contributed by atoms with Crippen LogP contribution in [0, 0.1) is 23.6 Å². The first-order valence-electron chi connectivity index (χ1n) is 17.9. The number of unbranched alkanes of at least 4 members (excludes halogenated alkanes) is 2. The fourth-order valence-electron chi connectivity index (χ4n) is 7.74. The molecule has 0 saturated heterocycles. The number of hydrogen-bond donors (Lipinski definition) is 2. The largest absolute Gasteiger partial charge is 0.489 e. The van der Waals surface area contributed by atoms with Gasteiger partial charge < -0.3 is 29.3 Å². The molecule has 1 heterocycles. The molecule has 1 saturated carbocycles. The first kappa shape index (κ1) is 37.4. The number of nitrogens with zero attached hydrogens (tertiary/aromatic N) is 1. The quantitative estimate of drug-likeness (QED) is 0.0974. The van der Waals surface area contributed by atoms with E-state index in [0.29, 0.717) is 24.3 Å². The summed E-state index contributed by atoms with van der Waals surface area (Å²) >= 11 is 1.82. The van der Waals surface area contributed by atoms with Crippen LogP contribution in [0.3, 0.4) is 0 Å². The highest BCUT2D eigenvalue weighted by molar-refractivity contribution is 8.00. The molecule has 1 aliphatic heterocycles. The summed E-state index contributed by atoms with van der Waals surface area (Å²) in [7, 11) is 0. The summed E-state index contributed by atoms with van der Waals surface area (Å²) in [6.45, 7) is 12.9. The third-order valence-corrected chi connectivity index (χ3v) is 11.0. The minimum atomic E-state index is -0.986. The number of aliphatic hydroxyl groups is 2. The van der Waals surface area contributed by atoms with E-state index in [1.165, 1.54) is 6.07 Å². The predicted molar refractivity (Wildman–Crippen MR) is 195 cm³/mol. The molecule has 0 bridgehead atoms. The maximum absolute atomic E-state index is 14.5. The van der Waals surface area contributed by atoms with Crippen LogP contribution in [0.2, 0.25) is 0 Å². The lowest BCUT2D eigenvalue weighted by Gasteiger charge is -2.58. The van der Waals surface area contributed by atoms with Crippen molar-refractivity contribution in [2.45, 2.75) is 102 Å². The minimum Gasteiger partial charge on any atom is -0.489 e. The van der Waals surface area contributed by atoms with E-state index in [-0.39, 0.29) is 54.6 Å². The molecule has 2 N–H and O–H groups in total. The van der Waals surface area contributed by atoms with Crippen molar-refractivity contribution in [2.24, 2.45) is 22.9 Å². The Balaban J connectivity index is 1.69. The van der Waals surface area contributed by atoms with Crippen LogP contribution in [0.25, 0.3) is 0 Å². The van der Waals surface area contributed by atoms with Gasteiger partial charge in [0, 0.05) is 36.7 Å². The van der Waals surface area contributed by atoms with Gasteiger partial charge in [-0.1, -0.05) is 55.3 Å². The number of ether oxygens (including phenoxy) is 3. The van der Waals surface area contributed by atoms with Crippen LogP contribution in [0.15, 0.2) is 71.9 Å². The number of halogens is 1. The van der Waals surface area contributed by atoms with E-state index >= 15 is 0 Å². The lowest BCUT2D eigenvalue weighted by Crippen LogP contribution is -2.64. The Bertz CT molecular complexity index is 1470. The topological polar surface area (TPSA) is 89.7 Å². The van der Waals surface area contributed by atoms with Crippen molar-refractivity contribution in [1.29, 1.82) is 0 Å². The third kappa shape index (κ3) is 8.55. The Hall–Kier alpha value is -2.85. The molecular formula is C40H54FNO6S. The molecule has 0 radical (unpaired) electrons. The smallest absolute Gasteiger partial charge is 0.230 e. The van der Waals surface area contributed by atoms with Crippen LogP contribution < -0.4 is 9.47 Å². The van der Waals surface area contributed by atoms with Crippen LogP contribution in [-0.2, 0) is 16.2 Å². The van der Waals surface area contributed by atoms with E-state index in [9.17, 15) is 14.6 Å². The molecule has 7 nitrogen and oxygen atoms in total. The zero-order chi connectivity index (χ0) is 35.0. The first-order valence-corrected chi connectivity index (χ1v) is 18.9. The van der Waals surface area contributed by atoms with Crippen LogP contribution in [0.5, 0.6) is 11.5 Å². The highest BCUT2D eigenvalue weighted by Gasteiger charge is 2.63. The molecule has 2 aromatic carbocycles. The van der Waals surface area contributed by atoms with Crippen LogP contribution in [-0.4, -0.2) is 58.1 Å². The van der Waals surface area contributed by atoms with E-state index in [2.05, 4.69) is 25.6 Å². The highest BCUT2D eigenvalue weighted by Crippen LogP contribution is 2.62. The molecule has 0 amide bonds. The molecule has 268 valence electrons. The molecule has 6 atom stereocenters. The lowest BCUT2D eigenvalue weighted by molar-refractivity contribution is -0.223. The predicted octanol–water partition coefficient (Wildman–Crippen LogP) is 8.59. The summed E-state index contributed by atoms with van der Waals surface area (Å²) in [4.78, 5) is 6.12. The van der Waals surface area contributed by atoms with Gasteiger partial charge in [0.15, 0.2) is 0 Å². The summed E-state index contributed by atoms with van der Waals surface area (Å²) in [5, 5.41) is 24.3. The molecule has 1 fully saturated rings. The van der Waals surface area contributed by atoms with Gasteiger partial charge in [0.05, 0.1) is 23.5 Å². The van der Waals surface area contributed by atoms with E-state index in [1.807, 2.05) is 50.7 Å². The molecule has 5 rings (SSSR count).